The predicted molar refractivity (Wildman–Crippen MR) is 60.2 cm³/mol. The molecule has 0 bridgehead atoms. The number of piperidine rings is 1. The lowest BCUT2D eigenvalue weighted by molar-refractivity contribution is -0.137. The van der Waals surface area contributed by atoms with Gasteiger partial charge < -0.3 is 14.9 Å². The van der Waals surface area contributed by atoms with Crippen molar-refractivity contribution in [3.05, 3.63) is 0 Å². The second-order valence-corrected chi connectivity index (χ2v) is 4.59. The molecule has 1 heterocycles. The minimum absolute atomic E-state index is 0.179. The maximum absolute atomic E-state index is 12.0. The monoisotopic (exact) mass is 228 g/mol. The smallest absolute Gasteiger partial charge is 0.323 e. The van der Waals surface area contributed by atoms with Gasteiger partial charge in [0.25, 0.3) is 0 Å². The van der Waals surface area contributed by atoms with Gasteiger partial charge in [-0.3, -0.25) is 4.79 Å². The Morgan fingerprint density at radius 1 is 1.44 bits per heavy atom. The fourth-order valence-corrected chi connectivity index (χ4v) is 2.10. The van der Waals surface area contributed by atoms with Crippen molar-refractivity contribution >= 4 is 12.0 Å². The highest BCUT2D eigenvalue weighted by atomic mass is 16.4. The first-order chi connectivity index (χ1) is 7.43. The van der Waals surface area contributed by atoms with Gasteiger partial charge in [-0.25, -0.2) is 4.79 Å². The molecular formula is C11H20N2O3. The summed E-state index contributed by atoms with van der Waals surface area (Å²) in [5, 5.41) is 8.64. The molecule has 1 rings (SSSR count). The molecule has 0 aromatic heterocycles. The number of hydrogen-bond acceptors (Lipinski definition) is 2. The zero-order valence-corrected chi connectivity index (χ0v) is 10.1. The summed E-state index contributed by atoms with van der Waals surface area (Å²) < 4.78 is 0. The summed E-state index contributed by atoms with van der Waals surface area (Å²) in [4.78, 5) is 25.5. The number of hydrogen-bond donors (Lipinski definition) is 1. The van der Waals surface area contributed by atoms with Crippen LogP contribution in [0.3, 0.4) is 0 Å². The first-order valence-corrected chi connectivity index (χ1v) is 5.67. The van der Waals surface area contributed by atoms with Gasteiger partial charge in [0.05, 0.1) is 0 Å². The number of aliphatic carboxylic acids is 1. The van der Waals surface area contributed by atoms with Crippen molar-refractivity contribution in [2.24, 2.45) is 5.92 Å². The van der Waals surface area contributed by atoms with Crippen LogP contribution in [0.2, 0.25) is 0 Å². The number of rotatable bonds is 2. The van der Waals surface area contributed by atoms with Crippen LogP contribution < -0.4 is 0 Å². The summed E-state index contributed by atoms with van der Waals surface area (Å²) >= 11 is 0. The van der Waals surface area contributed by atoms with Gasteiger partial charge in [-0.2, -0.15) is 0 Å². The van der Waals surface area contributed by atoms with Gasteiger partial charge in [0.15, 0.2) is 0 Å². The number of carbonyl (C=O) groups excluding carboxylic acids is 1. The Kier molecular flexibility index (Phi) is 4.15. The first-order valence-electron chi connectivity index (χ1n) is 5.67. The number of amides is 2. The van der Waals surface area contributed by atoms with E-state index in [0.717, 1.165) is 19.4 Å². The first kappa shape index (κ1) is 12.8. The summed E-state index contributed by atoms with van der Waals surface area (Å²) in [7, 11) is 1.53. The number of carboxylic acid groups (broad SMARTS) is 1. The fraction of sp³-hybridized carbons (Fsp3) is 0.818. The van der Waals surface area contributed by atoms with Gasteiger partial charge in [0, 0.05) is 19.6 Å². The average molecular weight is 228 g/mol. The van der Waals surface area contributed by atoms with Crippen LogP contribution in [0.15, 0.2) is 0 Å². The molecule has 0 aliphatic carbocycles. The number of likely N-dealkylation sites (N-methyl/N-ethyl adjacent to an activating group) is 1. The molecule has 16 heavy (non-hydrogen) atoms. The van der Waals surface area contributed by atoms with Gasteiger partial charge in [0.2, 0.25) is 0 Å². The highest BCUT2D eigenvalue weighted by Gasteiger charge is 2.30. The minimum Gasteiger partial charge on any atom is -0.480 e. The van der Waals surface area contributed by atoms with E-state index in [1.807, 2.05) is 6.92 Å². The molecule has 2 unspecified atom stereocenters. The molecule has 0 aromatic carbocycles. The highest BCUT2D eigenvalue weighted by molar-refractivity contribution is 5.80. The third-order valence-corrected chi connectivity index (χ3v) is 3.32. The Morgan fingerprint density at radius 2 is 2.06 bits per heavy atom. The molecule has 1 N–H and O–H groups in total. The maximum atomic E-state index is 12.0. The van der Waals surface area contributed by atoms with Crippen LogP contribution in [0.25, 0.3) is 0 Å². The Hall–Kier alpha value is -1.26. The highest BCUT2D eigenvalue weighted by Crippen LogP contribution is 2.23. The van der Waals surface area contributed by atoms with Crippen molar-refractivity contribution in [1.29, 1.82) is 0 Å². The van der Waals surface area contributed by atoms with E-state index in [1.165, 1.54) is 11.9 Å². The predicted octanol–water partition coefficient (Wildman–Crippen LogP) is 1.24. The number of urea groups is 1. The van der Waals surface area contributed by atoms with Crippen LogP contribution in [-0.2, 0) is 4.79 Å². The molecule has 1 saturated heterocycles. The molecule has 0 radical (unpaired) electrons. The zero-order valence-electron chi connectivity index (χ0n) is 10.1. The van der Waals surface area contributed by atoms with Crippen molar-refractivity contribution in [1.82, 2.24) is 9.80 Å². The lowest BCUT2D eigenvalue weighted by atomic mass is 9.92. The summed E-state index contributed by atoms with van der Waals surface area (Å²) in [6.07, 6.45) is 2.13. The van der Waals surface area contributed by atoms with Gasteiger partial charge in [-0.05, 0) is 25.7 Å². The van der Waals surface area contributed by atoms with Gasteiger partial charge in [0.1, 0.15) is 6.54 Å². The molecule has 0 aromatic rings. The number of carboxylic acids is 1. The van der Waals surface area contributed by atoms with Crippen molar-refractivity contribution in [2.45, 2.75) is 32.7 Å². The largest absolute Gasteiger partial charge is 0.480 e. The van der Waals surface area contributed by atoms with Crippen LogP contribution >= 0.6 is 0 Å². The average Bonchev–Trinajstić information content (AvgIpc) is 2.20. The maximum Gasteiger partial charge on any atom is 0.323 e. The number of carbonyl (C=O) groups is 2. The van der Waals surface area contributed by atoms with E-state index in [1.54, 1.807) is 4.90 Å². The molecule has 1 aliphatic rings. The van der Waals surface area contributed by atoms with E-state index >= 15 is 0 Å². The molecule has 1 aliphatic heterocycles. The molecule has 0 saturated carbocycles. The van der Waals surface area contributed by atoms with Crippen LogP contribution in [-0.4, -0.2) is 53.1 Å². The van der Waals surface area contributed by atoms with Gasteiger partial charge >= 0.3 is 12.0 Å². The van der Waals surface area contributed by atoms with Gasteiger partial charge in [-0.1, -0.05) is 6.92 Å². The van der Waals surface area contributed by atoms with E-state index in [0.29, 0.717) is 5.92 Å². The van der Waals surface area contributed by atoms with E-state index in [-0.39, 0.29) is 18.6 Å². The minimum atomic E-state index is -0.978. The Balaban J connectivity index is 2.61. The molecule has 92 valence electrons. The molecule has 5 nitrogen and oxygen atoms in total. The summed E-state index contributed by atoms with van der Waals surface area (Å²) in [6, 6.07) is 0.0129. The van der Waals surface area contributed by atoms with E-state index in [2.05, 4.69) is 6.92 Å². The second kappa shape index (κ2) is 5.18. The second-order valence-electron chi connectivity index (χ2n) is 4.59. The van der Waals surface area contributed by atoms with Crippen molar-refractivity contribution in [3.63, 3.8) is 0 Å². The third kappa shape index (κ3) is 2.87. The molecule has 5 heteroatoms. The SMILES string of the molecule is CC1CCCN(C(=O)N(C)CC(=O)O)C1C. The molecule has 1 fully saturated rings. The zero-order chi connectivity index (χ0) is 12.3. The fourth-order valence-electron chi connectivity index (χ4n) is 2.10. The third-order valence-electron chi connectivity index (χ3n) is 3.32. The van der Waals surface area contributed by atoms with Crippen LogP contribution in [0, 0.1) is 5.92 Å². The Morgan fingerprint density at radius 3 is 2.62 bits per heavy atom. The lowest BCUT2D eigenvalue weighted by Crippen LogP contribution is -2.51. The lowest BCUT2D eigenvalue weighted by Gasteiger charge is -2.39. The Labute approximate surface area is 96.0 Å². The Bertz CT molecular complexity index is 280. The quantitative estimate of drug-likeness (QED) is 0.773. The van der Waals surface area contributed by atoms with Crippen LogP contribution in [0.1, 0.15) is 26.7 Å². The topological polar surface area (TPSA) is 60.9 Å². The van der Waals surface area contributed by atoms with Crippen LogP contribution in [0.5, 0.6) is 0 Å². The van der Waals surface area contributed by atoms with Crippen molar-refractivity contribution < 1.29 is 14.7 Å². The summed E-state index contributed by atoms with van der Waals surface area (Å²) in [5.41, 5.74) is 0. The van der Waals surface area contributed by atoms with Crippen molar-refractivity contribution in [2.75, 3.05) is 20.1 Å². The van der Waals surface area contributed by atoms with E-state index in [9.17, 15) is 9.59 Å². The number of nitrogens with zero attached hydrogens (tertiary/aromatic N) is 2. The van der Waals surface area contributed by atoms with E-state index < -0.39 is 5.97 Å². The van der Waals surface area contributed by atoms with Crippen molar-refractivity contribution in [3.8, 4) is 0 Å². The molecule has 2 atom stereocenters. The van der Waals surface area contributed by atoms with E-state index in [4.69, 9.17) is 5.11 Å². The summed E-state index contributed by atoms with van der Waals surface area (Å²) in [5.74, 6) is -0.496. The molecule has 2 amide bonds. The summed E-state index contributed by atoms with van der Waals surface area (Å²) in [6.45, 7) is 4.64. The molecular weight excluding hydrogens is 208 g/mol. The van der Waals surface area contributed by atoms with Gasteiger partial charge in [-0.15, -0.1) is 0 Å². The van der Waals surface area contributed by atoms with Crippen LogP contribution in [0.4, 0.5) is 4.79 Å². The normalized spacial score (nSPS) is 25.3. The molecule has 0 spiro atoms. The standard InChI is InChI=1S/C11H20N2O3/c1-8-5-4-6-13(9(8)2)11(16)12(3)7-10(14)15/h8-9H,4-7H2,1-3H3,(H,14,15). The number of likely N-dealkylation sites (tertiary alicyclic amines) is 1.